The zero-order valence-corrected chi connectivity index (χ0v) is 20.0. The van der Waals surface area contributed by atoms with Crippen LogP contribution in [-0.2, 0) is 17.1 Å². The second-order valence-corrected chi connectivity index (χ2v) is 9.48. The number of halogens is 1. The Kier molecular flexibility index (Phi) is 7.47. The normalized spacial score (nSPS) is 12.2. The van der Waals surface area contributed by atoms with Crippen LogP contribution in [-0.4, -0.2) is 28.3 Å². The fraction of sp³-hybridized carbons (Fsp3) is 0.261. The number of hydrogen-bond acceptors (Lipinski definition) is 7. The summed E-state index contributed by atoms with van der Waals surface area (Å²) in [6.07, 6.45) is 0. The number of methoxy groups -OCH3 is 1. The van der Waals surface area contributed by atoms with E-state index < -0.39 is 0 Å². The molecule has 0 N–H and O–H groups in total. The van der Waals surface area contributed by atoms with Crippen LogP contribution in [0.25, 0.3) is 10.9 Å². The zero-order valence-electron chi connectivity index (χ0n) is 17.7. The van der Waals surface area contributed by atoms with E-state index in [0.717, 1.165) is 16.5 Å². The third-order valence-corrected chi connectivity index (χ3v) is 6.86. The molecule has 9 heteroatoms. The van der Waals surface area contributed by atoms with Crippen molar-refractivity contribution in [1.29, 1.82) is 0 Å². The number of fused-ring (bicyclic) bond motifs is 1. The number of nitrogens with zero attached hydrogens (tertiary/aromatic N) is 3. The molecule has 4 aromatic rings. The predicted octanol–water partition coefficient (Wildman–Crippen LogP) is 5.59. The lowest BCUT2D eigenvalue weighted by Gasteiger charge is -2.18. The molecule has 2 aromatic heterocycles. The fourth-order valence-electron chi connectivity index (χ4n) is 3.23. The first kappa shape index (κ1) is 22.8. The van der Waals surface area contributed by atoms with Gasteiger partial charge < -0.3 is 9.47 Å². The third-order valence-electron chi connectivity index (χ3n) is 4.75. The van der Waals surface area contributed by atoms with Gasteiger partial charge in [-0.05, 0) is 43.3 Å². The minimum atomic E-state index is -0.133. The lowest BCUT2D eigenvalue weighted by atomic mass is 10.2. The first-order valence-electron chi connectivity index (χ1n) is 10.00. The van der Waals surface area contributed by atoms with Crippen molar-refractivity contribution in [3.05, 3.63) is 80.0 Å². The second kappa shape index (κ2) is 10.5. The number of para-hydroxylation sites is 1. The number of aromatic nitrogens is 3. The van der Waals surface area contributed by atoms with Crippen LogP contribution >= 0.6 is 34.7 Å². The molecule has 0 saturated carbocycles. The Balaban J connectivity index is 1.49. The van der Waals surface area contributed by atoms with Crippen LogP contribution in [0.4, 0.5) is 0 Å². The van der Waals surface area contributed by atoms with Gasteiger partial charge in [0.05, 0.1) is 29.2 Å². The van der Waals surface area contributed by atoms with Gasteiger partial charge in [-0.1, -0.05) is 35.5 Å². The molecular weight excluding hydrogens is 466 g/mol. The molecule has 0 saturated heterocycles. The molecule has 2 heterocycles. The van der Waals surface area contributed by atoms with Gasteiger partial charge in [-0.15, -0.1) is 11.3 Å². The van der Waals surface area contributed by atoms with Gasteiger partial charge in [0.1, 0.15) is 17.4 Å². The minimum absolute atomic E-state index is 0.0574. The molecule has 4 rings (SSSR count). The largest absolute Gasteiger partial charge is 0.486 e. The first-order valence-corrected chi connectivity index (χ1v) is 12.2. The highest BCUT2D eigenvalue weighted by molar-refractivity contribution is 7.98. The number of hydrogen-bond donors (Lipinski definition) is 0. The summed E-state index contributed by atoms with van der Waals surface area (Å²) in [6, 6.07) is 14.5. The summed E-state index contributed by atoms with van der Waals surface area (Å²) in [5, 5.41) is 4.83. The van der Waals surface area contributed by atoms with Gasteiger partial charge in [0.25, 0.3) is 5.56 Å². The molecule has 0 fully saturated rings. The van der Waals surface area contributed by atoms with Crippen molar-refractivity contribution in [1.82, 2.24) is 14.5 Å². The Morgan fingerprint density at radius 2 is 1.94 bits per heavy atom. The lowest BCUT2D eigenvalue weighted by molar-refractivity contribution is 0.156. The Bertz CT molecular complexity index is 1260. The van der Waals surface area contributed by atoms with E-state index in [1.807, 2.05) is 48.7 Å². The van der Waals surface area contributed by atoms with Crippen molar-refractivity contribution in [3.8, 4) is 5.75 Å². The van der Waals surface area contributed by atoms with Crippen LogP contribution in [0.2, 0.25) is 5.02 Å². The maximum absolute atomic E-state index is 13.1. The highest BCUT2D eigenvalue weighted by Gasteiger charge is 2.17. The van der Waals surface area contributed by atoms with Gasteiger partial charge in [-0.25, -0.2) is 9.97 Å². The molecule has 0 aliphatic heterocycles. The Morgan fingerprint density at radius 1 is 1.16 bits per heavy atom. The predicted molar refractivity (Wildman–Crippen MR) is 130 cm³/mol. The van der Waals surface area contributed by atoms with Gasteiger partial charge in [-0.3, -0.25) is 9.36 Å². The smallest absolute Gasteiger partial charge is 0.262 e. The van der Waals surface area contributed by atoms with E-state index >= 15 is 0 Å². The number of rotatable bonds is 9. The van der Waals surface area contributed by atoms with Gasteiger partial charge >= 0.3 is 0 Å². The fourth-order valence-corrected chi connectivity index (χ4v) is 5.15. The maximum Gasteiger partial charge on any atom is 0.262 e. The molecule has 2 aromatic carbocycles. The van der Waals surface area contributed by atoms with Crippen molar-refractivity contribution < 1.29 is 9.47 Å². The summed E-state index contributed by atoms with van der Waals surface area (Å²) in [4.78, 5) is 22.6. The molecular formula is C23H22ClN3O3S2. The quantitative estimate of drug-likeness (QED) is 0.226. The summed E-state index contributed by atoms with van der Waals surface area (Å²) in [7, 11) is 1.63. The molecule has 0 spiro atoms. The molecule has 166 valence electrons. The highest BCUT2D eigenvalue weighted by Crippen LogP contribution is 2.26. The summed E-state index contributed by atoms with van der Waals surface area (Å²) in [6.45, 7) is 2.78. The third kappa shape index (κ3) is 5.32. The first-order chi connectivity index (χ1) is 15.5. The van der Waals surface area contributed by atoms with Crippen molar-refractivity contribution in [2.24, 2.45) is 0 Å². The van der Waals surface area contributed by atoms with Crippen molar-refractivity contribution in [2.45, 2.75) is 30.5 Å². The SMILES string of the molecule is COCC(C)n1c(SCc2csc(COc3ccc(Cl)cc3)n2)nc2ccccc2c1=O. The molecule has 0 bridgehead atoms. The maximum atomic E-state index is 13.1. The van der Waals surface area contributed by atoms with E-state index in [9.17, 15) is 4.79 Å². The minimum Gasteiger partial charge on any atom is -0.486 e. The van der Waals surface area contributed by atoms with E-state index in [-0.39, 0.29) is 11.6 Å². The Morgan fingerprint density at radius 3 is 2.72 bits per heavy atom. The molecule has 0 aliphatic carbocycles. The van der Waals surface area contributed by atoms with Crippen LogP contribution in [0.3, 0.4) is 0 Å². The van der Waals surface area contributed by atoms with Crippen molar-refractivity contribution >= 4 is 45.6 Å². The molecule has 1 atom stereocenters. The molecule has 1 unspecified atom stereocenters. The van der Waals surface area contributed by atoms with Crippen LogP contribution in [0.1, 0.15) is 23.7 Å². The summed E-state index contributed by atoms with van der Waals surface area (Å²) in [5.74, 6) is 1.35. The number of benzene rings is 2. The number of thioether (sulfide) groups is 1. The van der Waals surface area contributed by atoms with E-state index in [4.69, 9.17) is 26.1 Å². The summed E-state index contributed by atoms with van der Waals surface area (Å²) in [5.41, 5.74) is 1.55. The number of thiazole rings is 1. The van der Waals surface area contributed by atoms with E-state index in [1.165, 1.54) is 11.8 Å². The van der Waals surface area contributed by atoms with Gasteiger partial charge in [0.2, 0.25) is 0 Å². The van der Waals surface area contributed by atoms with Crippen LogP contribution in [0, 0.1) is 0 Å². The van der Waals surface area contributed by atoms with E-state index in [2.05, 4.69) is 4.98 Å². The monoisotopic (exact) mass is 487 g/mol. The highest BCUT2D eigenvalue weighted by atomic mass is 35.5. The zero-order chi connectivity index (χ0) is 22.5. The van der Waals surface area contributed by atoms with Crippen molar-refractivity contribution in [3.63, 3.8) is 0 Å². The molecule has 0 aliphatic rings. The van der Waals surface area contributed by atoms with Gasteiger partial charge in [0, 0.05) is 23.3 Å². The Hall–Kier alpha value is -2.39. The van der Waals surface area contributed by atoms with Gasteiger partial charge in [0.15, 0.2) is 5.16 Å². The van der Waals surface area contributed by atoms with Crippen LogP contribution in [0.15, 0.2) is 63.9 Å². The van der Waals surface area contributed by atoms with E-state index in [1.54, 1.807) is 35.1 Å². The average molecular weight is 488 g/mol. The van der Waals surface area contributed by atoms with Crippen LogP contribution < -0.4 is 10.3 Å². The topological polar surface area (TPSA) is 66.2 Å². The van der Waals surface area contributed by atoms with E-state index in [0.29, 0.717) is 40.0 Å². The van der Waals surface area contributed by atoms with Crippen molar-refractivity contribution in [2.75, 3.05) is 13.7 Å². The second-order valence-electron chi connectivity index (χ2n) is 7.15. The molecule has 6 nitrogen and oxygen atoms in total. The summed E-state index contributed by atoms with van der Waals surface area (Å²) < 4.78 is 12.8. The van der Waals surface area contributed by atoms with Gasteiger partial charge in [-0.2, -0.15) is 0 Å². The average Bonchev–Trinajstić information content (AvgIpc) is 3.25. The standard InChI is InChI=1S/C23H22ClN3O3S2/c1-15(11-29-2)27-22(28)19-5-3-4-6-20(19)26-23(27)32-14-17-13-31-21(25-17)12-30-18-9-7-16(24)8-10-18/h3-10,13,15H,11-12,14H2,1-2H3. The Labute approximate surface area is 199 Å². The molecule has 32 heavy (non-hydrogen) atoms. The molecule has 0 radical (unpaired) electrons. The molecule has 0 amide bonds. The summed E-state index contributed by atoms with van der Waals surface area (Å²) >= 11 is 8.95. The lowest BCUT2D eigenvalue weighted by Crippen LogP contribution is -2.28. The van der Waals surface area contributed by atoms with Crippen LogP contribution in [0.5, 0.6) is 5.75 Å². The number of ether oxygens (including phenoxy) is 2.